The summed E-state index contributed by atoms with van der Waals surface area (Å²) in [6.45, 7) is 8.99. The van der Waals surface area contributed by atoms with Gasteiger partial charge in [0.05, 0.1) is 11.8 Å². The maximum atomic E-state index is 12.3. The van der Waals surface area contributed by atoms with Crippen molar-refractivity contribution in [3.05, 3.63) is 24.0 Å². The normalized spacial score (nSPS) is 21.4. The molecule has 0 spiro atoms. The Balaban J connectivity index is 2.10. The van der Waals surface area contributed by atoms with Crippen molar-refractivity contribution in [1.82, 2.24) is 10.3 Å². The number of nitrogens with zero attached hydrogens (tertiary/aromatic N) is 1. The SMILES string of the molecule is CC1(C)CC(NC(=O)c2ccncc2O)CC(C)(C)C1. The first-order chi connectivity index (χ1) is 9.19. The van der Waals surface area contributed by atoms with Gasteiger partial charge in [-0.3, -0.25) is 9.78 Å². The van der Waals surface area contributed by atoms with Gasteiger partial charge in [-0.2, -0.15) is 0 Å². The summed E-state index contributed by atoms with van der Waals surface area (Å²) in [5.41, 5.74) is 0.737. The van der Waals surface area contributed by atoms with Crippen LogP contribution < -0.4 is 5.32 Å². The second-order valence-electron chi connectivity index (χ2n) is 7.48. The van der Waals surface area contributed by atoms with Crippen LogP contribution in [0, 0.1) is 10.8 Å². The number of aromatic nitrogens is 1. The summed E-state index contributed by atoms with van der Waals surface area (Å²) in [4.78, 5) is 16.0. The zero-order chi connectivity index (χ0) is 15.0. The maximum Gasteiger partial charge on any atom is 0.255 e. The van der Waals surface area contributed by atoms with Gasteiger partial charge in [-0.05, 0) is 36.2 Å². The molecule has 0 bridgehead atoms. The van der Waals surface area contributed by atoms with E-state index >= 15 is 0 Å². The highest BCUT2D eigenvalue weighted by molar-refractivity contribution is 5.96. The number of amides is 1. The van der Waals surface area contributed by atoms with E-state index < -0.39 is 0 Å². The molecule has 0 aliphatic heterocycles. The molecule has 1 heterocycles. The van der Waals surface area contributed by atoms with Crippen LogP contribution in [-0.4, -0.2) is 22.0 Å². The number of aromatic hydroxyl groups is 1. The molecule has 1 aromatic heterocycles. The monoisotopic (exact) mass is 276 g/mol. The molecule has 2 N–H and O–H groups in total. The van der Waals surface area contributed by atoms with E-state index in [1.165, 1.54) is 12.4 Å². The number of nitrogens with one attached hydrogen (secondary N) is 1. The molecule has 0 unspecified atom stereocenters. The van der Waals surface area contributed by atoms with Crippen molar-refractivity contribution in [3.8, 4) is 5.75 Å². The van der Waals surface area contributed by atoms with Gasteiger partial charge < -0.3 is 10.4 Å². The van der Waals surface area contributed by atoms with Crippen LogP contribution in [0.15, 0.2) is 18.5 Å². The average Bonchev–Trinajstić information content (AvgIpc) is 2.24. The van der Waals surface area contributed by atoms with E-state index in [0.717, 1.165) is 19.3 Å². The van der Waals surface area contributed by atoms with Crippen molar-refractivity contribution in [2.45, 2.75) is 53.0 Å². The molecule has 0 saturated heterocycles. The first kappa shape index (κ1) is 14.8. The summed E-state index contributed by atoms with van der Waals surface area (Å²) in [6, 6.07) is 1.69. The summed E-state index contributed by atoms with van der Waals surface area (Å²) >= 11 is 0. The highest BCUT2D eigenvalue weighted by Crippen LogP contribution is 2.45. The number of rotatable bonds is 2. The molecule has 1 fully saturated rings. The molecule has 20 heavy (non-hydrogen) atoms. The molecule has 110 valence electrons. The maximum absolute atomic E-state index is 12.3. The van der Waals surface area contributed by atoms with Crippen LogP contribution in [-0.2, 0) is 0 Å². The van der Waals surface area contributed by atoms with Crippen molar-refractivity contribution in [3.63, 3.8) is 0 Å². The van der Waals surface area contributed by atoms with Crippen LogP contribution in [0.1, 0.15) is 57.3 Å². The van der Waals surface area contributed by atoms with Crippen LogP contribution in [0.25, 0.3) is 0 Å². The molecule has 1 aliphatic rings. The fraction of sp³-hybridized carbons (Fsp3) is 0.625. The summed E-state index contributed by atoms with van der Waals surface area (Å²) in [5, 5.41) is 12.8. The number of carbonyl (C=O) groups is 1. The van der Waals surface area contributed by atoms with Crippen LogP contribution >= 0.6 is 0 Å². The van der Waals surface area contributed by atoms with Gasteiger partial charge >= 0.3 is 0 Å². The van der Waals surface area contributed by atoms with Crippen LogP contribution in [0.5, 0.6) is 5.75 Å². The molecular weight excluding hydrogens is 252 g/mol. The third-order valence-electron chi connectivity index (χ3n) is 3.93. The van der Waals surface area contributed by atoms with Crippen molar-refractivity contribution in [2.75, 3.05) is 0 Å². The van der Waals surface area contributed by atoms with Crippen molar-refractivity contribution < 1.29 is 9.90 Å². The lowest BCUT2D eigenvalue weighted by Gasteiger charge is -2.45. The van der Waals surface area contributed by atoms with E-state index in [1.807, 2.05) is 0 Å². The van der Waals surface area contributed by atoms with Gasteiger partial charge in [0.15, 0.2) is 0 Å². The predicted molar refractivity (Wildman–Crippen MR) is 78.6 cm³/mol. The molecule has 1 amide bonds. The zero-order valence-electron chi connectivity index (χ0n) is 12.7. The molecule has 4 nitrogen and oxygen atoms in total. The topological polar surface area (TPSA) is 62.2 Å². The summed E-state index contributed by atoms with van der Waals surface area (Å²) in [6.07, 6.45) is 5.90. The van der Waals surface area contributed by atoms with Gasteiger partial charge in [0, 0.05) is 12.2 Å². The first-order valence-corrected chi connectivity index (χ1v) is 7.12. The Morgan fingerprint density at radius 3 is 2.45 bits per heavy atom. The highest BCUT2D eigenvalue weighted by Gasteiger charge is 2.39. The fourth-order valence-corrected chi connectivity index (χ4v) is 3.79. The van der Waals surface area contributed by atoms with Gasteiger partial charge in [0.2, 0.25) is 0 Å². The summed E-state index contributed by atoms with van der Waals surface area (Å²) in [5.74, 6) is -0.289. The summed E-state index contributed by atoms with van der Waals surface area (Å²) < 4.78 is 0. The molecule has 0 aromatic carbocycles. The van der Waals surface area contributed by atoms with E-state index in [0.29, 0.717) is 5.56 Å². The van der Waals surface area contributed by atoms with E-state index in [4.69, 9.17) is 0 Å². The van der Waals surface area contributed by atoms with E-state index in [9.17, 15) is 9.90 Å². The quantitative estimate of drug-likeness (QED) is 0.872. The predicted octanol–water partition coefficient (Wildman–Crippen LogP) is 3.12. The molecule has 1 saturated carbocycles. The number of hydrogen-bond donors (Lipinski definition) is 2. The average molecular weight is 276 g/mol. The minimum atomic E-state index is -0.219. The van der Waals surface area contributed by atoms with Gasteiger partial charge in [-0.1, -0.05) is 27.7 Å². The Kier molecular flexibility index (Phi) is 3.76. The summed E-state index contributed by atoms with van der Waals surface area (Å²) in [7, 11) is 0. The molecule has 2 rings (SSSR count). The Labute approximate surface area is 120 Å². The van der Waals surface area contributed by atoms with Crippen LogP contribution in [0.3, 0.4) is 0 Å². The second-order valence-corrected chi connectivity index (χ2v) is 7.48. The number of hydrogen-bond acceptors (Lipinski definition) is 3. The molecule has 0 radical (unpaired) electrons. The second kappa shape index (κ2) is 5.08. The fourth-order valence-electron chi connectivity index (χ4n) is 3.79. The Bertz CT molecular complexity index is 493. The Morgan fingerprint density at radius 2 is 1.90 bits per heavy atom. The lowest BCUT2D eigenvalue weighted by atomic mass is 9.63. The molecule has 4 heteroatoms. The zero-order valence-corrected chi connectivity index (χ0v) is 12.7. The minimum Gasteiger partial charge on any atom is -0.505 e. The minimum absolute atomic E-state index is 0.0701. The van der Waals surface area contributed by atoms with Crippen molar-refractivity contribution in [1.29, 1.82) is 0 Å². The lowest BCUT2D eigenvalue weighted by molar-refractivity contribution is 0.0712. The van der Waals surface area contributed by atoms with Crippen molar-refractivity contribution in [2.24, 2.45) is 10.8 Å². The first-order valence-electron chi connectivity index (χ1n) is 7.12. The lowest BCUT2D eigenvalue weighted by Crippen LogP contribution is -2.46. The highest BCUT2D eigenvalue weighted by atomic mass is 16.3. The van der Waals surface area contributed by atoms with Crippen LogP contribution in [0.4, 0.5) is 0 Å². The Hall–Kier alpha value is -1.58. The molecule has 1 aromatic rings. The van der Waals surface area contributed by atoms with Crippen LogP contribution in [0.2, 0.25) is 0 Å². The third kappa shape index (κ3) is 3.50. The van der Waals surface area contributed by atoms with E-state index in [1.54, 1.807) is 6.07 Å². The molecule has 0 atom stereocenters. The molecule has 1 aliphatic carbocycles. The smallest absolute Gasteiger partial charge is 0.255 e. The Morgan fingerprint density at radius 1 is 1.30 bits per heavy atom. The van der Waals surface area contributed by atoms with Gasteiger partial charge in [0.25, 0.3) is 5.91 Å². The van der Waals surface area contributed by atoms with Crippen molar-refractivity contribution >= 4 is 5.91 Å². The number of carbonyl (C=O) groups excluding carboxylic acids is 1. The standard InChI is InChI=1S/C16H24N2O2/c1-15(2)7-11(8-16(3,4)10-15)18-14(20)12-5-6-17-9-13(12)19/h5-6,9,11,19H,7-8,10H2,1-4H3,(H,18,20). The van der Waals surface area contributed by atoms with E-state index in [-0.39, 0.29) is 28.5 Å². The van der Waals surface area contributed by atoms with E-state index in [2.05, 4.69) is 38.0 Å². The number of pyridine rings is 1. The van der Waals surface area contributed by atoms with Gasteiger partial charge in [-0.15, -0.1) is 0 Å². The van der Waals surface area contributed by atoms with Gasteiger partial charge in [0.1, 0.15) is 5.75 Å². The third-order valence-corrected chi connectivity index (χ3v) is 3.93. The molecular formula is C16H24N2O2. The van der Waals surface area contributed by atoms with Gasteiger partial charge in [-0.25, -0.2) is 0 Å². The largest absolute Gasteiger partial charge is 0.505 e.